The molecule has 0 unspecified atom stereocenters. The van der Waals surface area contributed by atoms with Gasteiger partial charge < -0.3 is 10.6 Å². The molecular weight excluding hydrogens is 283 g/mol. The van der Waals surface area contributed by atoms with E-state index in [4.69, 9.17) is 0 Å². The summed E-state index contributed by atoms with van der Waals surface area (Å²) in [5.74, 6) is -1.01. The SMILES string of the molecule is CC(=O)Nc1cccc(NC(=O)c2ccc(C)c(F)c2)c1C. The second-order valence-electron chi connectivity index (χ2n) is 5.08. The molecular formula is C17H17FN2O2. The van der Waals surface area contributed by atoms with E-state index < -0.39 is 11.7 Å². The first-order valence-electron chi connectivity index (χ1n) is 6.83. The number of aryl methyl sites for hydroxylation is 1. The lowest BCUT2D eigenvalue weighted by molar-refractivity contribution is -0.114. The molecule has 5 heteroatoms. The average molecular weight is 300 g/mol. The van der Waals surface area contributed by atoms with Gasteiger partial charge in [-0.05, 0) is 49.2 Å². The Kier molecular flexibility index (Phi) is 4.56. The maximum atomic E-state index is 13.5. The minimum Gasteiger partial charge on any atom is -0.326 e. The summed E-state index contributed by atoms with van der Waals surface area (Å²) in [6, 6.07) is 9.54. The Hall–Kier alpha value is -2.69. The summed E-state index contributed by atoms with van der Waals surface area (Å²) in [7, 11) is 0. The number of hydrogen-bond donors (Lipinski definition) is 2. The van der Waals surface area contributed by atoms with Gasteiger partial charge >= 0.3 is 0 Å². The molecule has 0 radical (unpaired) electrons. The molecule has 0 bridgehead atoms. The van der Waals surface area contributed by atoms with Crippen molar-refractivity contribution in [1.29, 1.82) is 0 Å². The fourth-order valence-electron chi connectivity index (χ4n) is 2.02. The van der Waals surface area contributed by atoms with Crippen LogP contribution in [-0.4, -0.2) is 11.8 Å². The van der Waals surface area contributed by atoms with Crippen LogP contribution in [-0.2, 0) is 4.79 Å². The topological polar surface area (TPSA) is 58.2 Å². The van der Waals surface area contributed by atoms with Crippen LogP contribution < -0.4 is 10.6 Å². The Bertz CT molecular complexity index is 741. The van der Waals surface area contributed by atoms with Crippen molar-refractivity contribution in [3.8, 4) is 0 Å². The normalized spacial score (nSPS) is 10.2. The first kappa shape index (κ1) is 15.7. The Morgan fingerprint density at radius 3 is 2.23 bits per heavy atom. The molecule has 0 spiro atoms. The highest BCUT2D eigenvalue weighted by molar-refractivity contribution is 6.05. The summed E-state index contributed by atoms with van der Waals surface area (Å²) in [4.78, 5) is 23.3. The highest BCUT2D eigenvalue weighted by Crippen LogP contribution is 2.24. The lowest BCUT2D eigenvalue weighted by Crippen LogP contribution is -2.14. The van der Waals surface area contributed by atoms with Crippen LogP contribution in [0.15, 0.2) is 36.4 Å². The van der Waals surface area contributed by atoms with Crippen LogP contribution in [0.2, 0.25) is 0 Å². The van der Waals surface area contributed by atoms with E-state index >= 15 is 0 Å². The second kappa shape index (κ2) is 6.39. The molecule has 2 N–H and O–H groups in total. The maximum Gasteiger partial charge on any atom is 0.255 e. The first-order valence-corrected chi connectivity index (χ1v) is 6.83. The first-order chi connectivity index (χ1) is 10.4. The fourth-order valence-corrected chi connectivity index (χ4v) is 2.02. The number of amides is 2. The molecule has 0 atom stereocenters. The van der Waals surface area contributed by atoms with Crippen LogP contribution in [0.5, 0.6) is 0 Å². The van der Waals surface area contributed by atoms with Gasteiger partial charge in [0.15, 0.2) is 0 Å². The fraction of sp³-hybridized carbons (Fsp3) is 0.176. The highest BCUT2D eigenvalue weighted by Gasteiger charge is 2.11. The monoisotopic (exact) mass is 300 g/mol. The second-order valence-corrected chi connectivity index (χ2v) is 5.08. The van der Waals surface area contributed by atoms with Crippen molar-refractivity contribution in [3.05, 3.63) is 58.9 Å². The number of carbonyl (C=O) groups is 2. The van der Waals surface area contributed by atoms with Crippen molar-refractivity contribution in [3.63, 3.8) is 0 Å². The molecule has 0 saturated heterocycles. The van der Waals surface area contributed by atoms with Gasteiger partial charge in [0, 0.05) is 23.9 Å². The number of rotatable bonds is 3. The van der Waals surface area contributed by atoms with E-state index in [1.807, 2.05) is 0 Å². The standard InChI is InChI=1S/C17H17FN2O2/c1-10-7-8-13(9-14(10)18)17(22)20-16-6-4-5-15(11(16)2)19-12(3)21/h4-9H,1-3H3,(H,19,21)(H,20,22). The zero-order chi connectivity index (χ0) is 16.3. The number of carbonyl (C=O) groups excluding carboxylic acids is 2. The van der Waals surface area contributed by atoms with E-state index in [1.165, 1.54) is 13.0 Å². The molecule has 2 rings (SSSR count). The molecule has 114 valence electrons. The van der Waals surface area contributed by atoms with Gasteiger partial charge in [-0.25, -0.2) is 4.39 Å². The van der Waals surface area contributed by atoms with Crippen LogP contribution in [0.4, 0.5) is 15.8 Å². The Balaban J connectivity index is 2.24. The maximum absolute atomic E-state index is 13.5. The van der Waals surface area contributed by atoms with Gasteiger partial charge in [-0.1, -0.05) is 12.1 Å². The highest BCUT2D eigenvalue weighted by atomic mass is 19.1. The largest absolute Gasteiger partial charge is 0.326 e. The molecule has 0 aromatic heterocycles. The van der Waals surface area contributed by atoms with E-state index in [-0.39, 0.29) is 11.5 Å². The zero-order valence-corrected chi connectivity index (χ0v) is 12.7. The van der Waals surface area contributed by atoms with Gasteiger partial charge in [-0.3, -0.25) is 9.59 Å². The molecule has 2 amide bonds. The van der Waals surface area contributed by atoms with Crippen molar-refractivity contribution < 1.29 is 14.0 Å². The summed E-state index contributed by atoms with van der Waals surface area (Å²) < 4.78 is 13.5. The summed E-state index contributed by atoms with van der Waals surface area (Å²) in [6.07, 6.45) is 0. The van der Waals surface area contributed by atoms with Gasteiger partial charge in [0.05, 0.1) is 0 Å². The molecule has 0 fully saturated rings. The van der Waals surface area contributed by atoms with E-state index in [9.17, 15) is 14.0 Å². The Morgan fingerprint density at radius 2 is 1.64 bits per heavy atom. The van der Waals surface area contributed by atoms with E-state index in [1.54, 1.807) is 44.2 Å². The predicted molar refractivity (Wildman–Crippen MR) is 84.6 cm³/mol. The molecule has 0 saturated carbocycles. The molecule has 22 heavy (non-hydrogen) atoms. The summed E-state index contributed by atoms with van der Waals surface area (Å²) in [5, 5.41) is 5.42. The smallest absolute Gasteiger partial charge is 0.255 e. The predicted octanol–water partition coefficient (Wildman–Crippen LogP) is 3.65. The third-order valence-electron chi connectivity index (χ3n) is 3.33. The summed E-state index contributed by atoms with van der Waals surface area (Å²) in [6.45, 7) is 4.84. The van der Waals surface area contributed by atoms with Crippen LogP contribution >= 0.6 is 0 Å². The van der Waals surface area contributed by atoms with E-state index in [0.29, 0.717) is 16.9 Å². The Morgan fingerprint density at radius 1 is 1.00 bits per heavy atom. The number of anilines is 2. The van der Waals surface area contributed by atoms with Crippen LogP contribution in [0.1, 0.15) is 28.4 Å². The number of halogens is 1. The minimum absolute atomic E-state index is 0.188. The summed E-state index contributed by atoms with van der Waals surface area (Å²) >= 11 is 0. The molecule has 2 aromatic rings. The molecule has 0 aliphatic heterocycles. The van der Waals surface area contributed by atoms with E-state index in [2.05, 4.69) is 10.6 Å². The number of benzene rings is 2. The third kappa shape index (κ3) is 3.49. The number of nitrogens with one attached hydrogen (secondary N) is 2. The molecule has 0 aliphatic carbocycles. The van der Waals surface area contributed by atoms with Crippen molar-refractivity contribution in [1.82, 2.24) is 0 Å². The lowest BCUT2D eigenvalue weighted by atomic mass is 10.1. The average Bonchev–Trinajstić information content (AvgIpc) is 2.45. The van der Waals surface area contributed by atoms with Gasteiger partial charge in [0.25, 0.3) is 5.91 Å². The Labute approximate surface area is 128 Å². The van der Waals surface area contributed by atoms with Gasteiger partial charge in [-0.2, -0.15) is 0 Å². The quantitative estimate of drug-likeness (QED) is 0.909. The zero-order valence-electron chi connectivity index (χ0n) is 12.7. The van der Waals surface area contributed by atoms with Crippen molar-refractivity contribution in [2.45, 2.75) is 20.8 Å². The molecule has 4 nitrogen and oxygen atoms in total. The third-order valence-corrected chi connectivity index (χ3v) is 3.33. The van der Waals surface area contributed by atoms with Crippen LogP contribution in [0, 0.1) is 19.7 Å². The molecule has 0 aliphatic rings. The van der Waals surface area contributed by atoms with Gasteiger partial charge in [0.2, 0.25) is 5.91 Å². The summed E-state index contributed by atoms with van der Waals surface area (Å²) in [5.41, 5.74) is 2.66. The lowest BCUT2D eigenvalue weighted by Gasteiger charge is -2.13. The number of hydrogen-bond acceptors (Lipinski definition) is 2. The minimum atomic E-state index is -0.420. The van der Waals surface area contributed by atoms with Crippen molar-refractivity contribution in [2.75, 3.05) is 10.6 Å². The molecule has 2 aromatic carbocycles. The van der Waals surface area contributed by atoms with Crippen molar-refractivity contribution in [2.24, 2.45) is 0 Å². The van der Waals surface area contributed by atoms with Crippen LogP contribution in [0.25, 0.3) is 0 Å². The van der Waals surface area contributed by atoms with E-state index in [0.717, 1.165) is 5.56 Å². The molecule has 0 heterocycles. The van der Waals surface area contributed by atoms with Crippen LogP contribution in [0.3, 0.4) is 0 Å². The van der Waals surface area contributed by atoms with Gasteiger partial charge in [-0.15, -0.1) is 0 Å². The van der Waals surface area contributed by atoms with Gasteiger partial charge in [0.1, 0.15) is 5.82 Å². The van der Waals surface area contributed by atoms with Crippen molar-refractivity contribution >= 4 is 23.2 Å².